The van der Waals surface area contributed by atoms with E-state index in [2.05, 4.69) is 21.2 Å². The maximum Gasteiger partial charge on any atom is 0.329 e. The highest BCUT2D eigenvalue weighted by Gasteiger charge is 2.13. The number of hydrogen-bond donors (Lipinski definition) is 3. The Morgan fingerprint density at radius 1 is 0.941 bits per heavy atom. The van der Waals surface area contributed by atoms with Crippen molar-refractivity contribution in [3.63, 3.8) is 0 Å². The summed E-state index contributed by atoms with van der Waals surface area (Å²) in [4.78, 5) is 36.1. The van der Waals surface area contributed by atoms with Gasteiger partial charge in [-0.15, -0.1) is 0 Å². The van der Waals surface area contributed by atoms with Crippen molar-refractivity contribution >= 4 is 46.9 Å². The van der Waals surface area contributed by atoms with E-state index in [1.54, 1.807) is 54.6 Å². The van der Waals surface area contributed by atoms with Gasteiger partial charge in [0, 0.05) is 16.4 Å². The molecule has 0 aromatic heterocycles. The van der Waals surface area contributed by atoms with E-state index in [4.69, 9.17) is 16.3 Å². The molecule has 8 nitrogen and oxygen atoms in total. The molecule has 3 aromatic carbocycles. The van der Waals surface area contributed by atoms with Crippen LogP contribution in [0.1, 0.15) is 16.7 Å². The molecule has 3 N–H and O–H groups in total. The Labute approximate surface area is 202 Å². The molecule has 0 radical (unpaired) electrons. The monoisotopic (exact) mass is 478 g/mol. The standard InChI is InChI=1S/C25H23ClN4O4/c1-16-5-3-7-20(11-16)28-24(32)25(33)30-27-14-18-6-4-8-21(12-18)34-15-23(31)29-22-13-19(26)10-9-17(22)2/h3-14H,15H2,1-2H3,(H,28,32)(H,29,31)(H,30,33)/b27-14-. The van der Waals surface area contributed by atoms with E-state index in [1.165, 1.54) is 6.21 Å². The minimum absolute atomic E-state index is 0.206. The predicted molar refractivity (Wildman–Crippen MR) is 132 cm³/mol. The number of carbonyl (C=O) groups excluding carboxylic acids is 3. The SMILES string of the molecule is Cc1cccc(NC(=O)C(=O)N/N=C\c2cccc(OCC(=O)Nc3cc(Cl)ccc3C)c2)c1. The lowest BCUT2D eigenvalue weighted by Crippen LogP contribution is -2.32. The summed E-state index contributed by atoms with van der Waals surface area (Å²) in [5.74, 6) is -1.64. The molecular weight excluding hydrogens is 456 g/mol. The van der Waals surface area contributed by atoms with E-state index in [1.807, 2.05) is 26.0 Å². The molecule has 0 heterocycles. The van der Waals surface area contributed by atoms with E-state index < -0.39 is 11.8 Å². The van der Waals surface area contributed by atoms with Gasteiger partial charge >= 0.3 is 11.8 Å². The van der Waals surface area contributed by atoms with E-state index in [0.717, 1.165) is 11.1 Å². The van der Waals surface area contributed by atoms with Gasteiger partial charge in [-0.1, -0.05) is 41.9 Å². The van der Waals surface area contributed by atoms with Crippen LogP contribution in [0.15, 0.2) is 71.8 Å². The molecule has 0 aliphatic rings. The molecule has 0 spiro atoms. The van der Waals surface area contributed by atoms with Crippen LogP contribution in [0.5, 0.6) is 5.75 Å². The highest BCUT2D eigenvalue weighted by molar-refractivity contribution is 6.39. The molecule has 34 heavy (non-hydrogen) atoms. The molecule has 3 rings (SSSR count). The number of carbonyl (C=O) groups is 3. The number of benzene rings is 3. The summed E-state index contributed by atoms with van der Waals surface area (Å²) in [6, 6.07) is 19.1. The summed E-state index contributed by atoms with van der Waals surface area (Å²) in [6.07, 6.45) is 1.36. The molecule has 0 saturated heterocycles. The van der Waals surface area contributed by atoms with Crippen LogP contribution in [-0.4, -0.2) is 30.5 Å². The summed E-state index contributed by atoms with van der Waals surface area (Å²) in [6.45, 7) is 3.54. The lowest BCUT2D eigenvalue weighted by atomic mass is 10.2. The zero-order valence-electron chi connectivity index (χ0n) is 18.6. The Morgan fingerprint density at radius 3 is 2.53 bits per heavy atom. The largest absolute Gasteiger partial charge is 0.484 e. The number of hydrogen-bond acceptors (Lipinski definition) is 5. The van der Waals surface area contributed by atoms with Crippen molar-refractivity contribution in [2.24, 2.45) is 5.10 Å². The fourth-order valence-electron chi connectivity index (χ4n) is 2.88. The van der Waals surface area contributed by atoms with Crippen LogP contribution in [0.2, 0.25) is 5.02 Å². The normalized spacial score (nSPS) is 10.6. The number of rotatable bonds is 7. The number of anilines is 2. The second-order valence-electron chi connectivity index (χ2n) is 7.39. The highest BCUT2D eigenvalue weighted by atomic mass is 35.5. The van der Waals surface area contributed by atoms with Gasteiger partial charge in [-0.25, -0.2) is 5.43 Å². The second kappa shape index (κ2) is 11.6. The van der Waals surface area contributed by atoms with Crippen molar-refractivity contribution in [2.75, 3.05) is 17.2 Å². The van der Waals surface area contributed by atoms with Gasteiger partial charge < -0.3 is 15.4 Å². The molecule has 0 bridgehead atoms. The first-order valence-corrected chi connectivity index (χ1v) is 10.7. The van der Waals surface area contributed by atoms with Gasteiger partial charge in [0.25, 0.3) is 5.91 Å². The number of halogens is 1. The smallest absolute Gasteiger partial charge is 0.329 e. The summed E-state index contributed by atoms with van der Waals surface area (Å²) in [7, 11) is 0. The second-order valence-corrected chi connectivity index (χ2v) is 7.83. The number of aryl methyl sites for hydroxylation is 2. The Kier molecular flexibility index (Phi) is 8.37. The Balaban J connectivity index is 1.49. The van der Waals surface area contributed by atoms with Gasteiger partial charge in [-0.3, -0.25) is 14.4 Å². The average Bonchev–Trinajstić information content (AvgIpc) is 2.80. The molecule has 0 unspecified atom stereocenters. The minimum atomic E-state index is -0.904. The minimum Gasteiger partial charge on any atom is -0.484 e. The van der Waals surface area contributed by atoms with Crippen molar-refractivity contribution < 1.29 is 19.1 Å². The third-order valence-electron chi connectivity index (χ3n) is 4.56. The number of nitrogens with one attached hydrogen (secondary N) is 3. The summed E-state index contributed by atoms with van der Waals surface area (Å²) in [5.41, 5.74) is 5.74. The van der Waals surface area contributed by atoms with Crippen molar-refractivity contribution in [1.82, 2.24) is 5.43 Å². The number of ether oxygens (including phenoxy) is 1. The lowest BCUT2D eigenvalue weighted by Gasteiger charge is -2.10. The highest BCUT2D eigenvalue weighted by Crippen LogP contribution is 2.20. The molecular formula is C25H23ClN4O4. The van der Waals surface area contributed by atoms with Gasteiger partial charge in [0.2, 0.25) is 0 Å². The zero-order valence-corrected chi connectivity index (χ0v) is 19.3. The molecule has 0 aliphatic carbocycles. The van der Waals surface area contributed by atoms with Crippen LogP contribution in [0, 0.1) is 13.8 Å². The molecule has 3 amide bonds. The van der Waals surface area contributed by atoms with Crippen molar-refractivity contribution in [3.05, 3.63) is 88.4 Å². The van der Waals surface area contributed by atoms with E-state index in [9.17, 15) is 14.4 Å². The summed E-state index contributed by atoms with van der Waals surface area (Å²) in [5, 5.41) is 9.58. The maximum absolute atomic E-state index is 12.2. The third-order valence-corrected chi connectivity index (χ3v) is 4.80. The van der Waals surface area contributed by atoms with E-state index >= 15 is 0 Å². The Hall–Kier alpha value is -4.17. The van der Waals surface area contributed by atoms with Gasteiger partial charge in [0.1, 0.15) is 5.75 Å². The Morgan fingerprint density at radius 2 is 1.74 bits per heavy atom. The van der Waals surface area contributed by atoms with Crippen LogP contribution in [0.3, 0.4) is 0 Å². The van der Waals surface area contributed by atoms with Gasteiger partial charge in [-0.2, -0.15) is 5.10 Å². The first-order valence-electron chi connectivity index (χ1n) is 10.3. The predicted octanol–water partition coefficient (Wildman–Crippen LogP) is 4.06. The molecule has 174 valence electrons. The Bertz CT molecular complexity index is 1240. The fraction of sp³-hybridized carbons (Fsp3) is 0.120. The van der Waals surface area contributed by atoms with Gasteiger partial charge in [0.05, 0.1) is 6.21 Å². The number of amides is 3. The van der Waals surface area contributed by atoms with Crippen molar-refractivity contribution in [2.45, 2.75) is 13.8 Å². The quantitative estimate of drug-likeness (QED) is 0.270. The topological polar surface area (TPSA) is 109 Å². The third kappa shape index (κ3) is 7.46. The average molecular weight is 479 g/mol. The first kappa shape index (κ1) is 24.5. The number of nitrogens with zero attached hydrogens (tertiary/aromatic N) is 1. The van der Waals surface area contributed by atoms with Crippen LogP contribution >= 0.6 is 11.6 Å². The molecule has 0 aliphatic heterocycles. The van der Waals surface area contributed by atoms with Gasteiger partial charge in [-0.05, 0) is 66.9 Å². The summed E-state index contributed by atoms with van der Waals surface area (Å²) >= 11 is 5.97. The molecule has 9 heteroatoms. The lowest BCUT2D eigenvalue weighted by molar-refractivity contribution is -0.136. The van der Waals surface area contributed by atoms with Crippen LogP contribution in [-0.2, 0) is 14.4 Å². The molecule has 0 atom stereocenters. The van der Waals surface area contributed by atoms with Crippen LogP contribution in [0.4, 0.5) is 11.4 Å². The number of hydrazone groups is 1. The van der Waals surface area contributed by atoms with Gasteiger partial charge in [0.15, 0.2) is 6.61 Å². The van der Waals surface area contributed by atoms with E-state index in [-0.39, 0.29) is 12.5 Å². The molecule has 0 saturated carbocycles. The molecule has 3 aromatic rings. The van der Waals surface area contributed by atoms with Crippen LogP contribution < -0.4 is 20.8 Å². The fourth-order valence-corrected chi connectivity index (χ4v) is 3.05. The van der Waals surface area contributed by atoms with Crippen LogP contribution in [0.25, 0.3) is 0 Å². The maximum atomic E-state index is 12.2. The first-order chi connectivity index (χ1) is 16.3. The van der Waals surface area contributed by atoms with Crippen molar-refractivity contribution in [3.8, 4) is 5.75 Å². The van der Waals surface area contributed by atoms with Crippen molar-refractivity contribution in [1.29, 1.82) is 0 Å². The van der Waals surface area contributed by atoms with E-state index in [0.29, 0.717) is 27.7 Å². The molecule has 0 fully saturated rings. The zero-order chi connectivity index (χ0) is 24.5. The summed E-state index contributed by atoms with van der Waals surface area (Å²) < 4.78 is 5.53.